The molecule has 0 saturated carbocycles. The van der Waals surface area contributed by atoms with Gasteiger partial charge in [-0.25, -0.2) is 4.98 Å². The fourth-order valence-corrected chi connectivity index (χ4v) is 3.25. The number of anilines is 1. The standard InChI is InChI=1S/C14H24N4OS/c1-10(2)13(19)16-6-11-4-3-5-18(8-11)9-12-7-17-14(15)20-12/h7,10-11H,3-6,8-9H2,1-2H3,(H2,15,17)(H,16,19). The molecule has 2 heterocycles. The van der Waals surface area contributed by atoms with E-state index in [9.17, 15) is 4.79 Å². The van der Waals surface area contributed by atoms with Gasteiger partial charge >= 0.3 is 0 Å². The number of likely N-dealkylation sites (tertiary alicyclic amines) is 1. The molecule has 112 valence electrons. The second kappa shape index (κ2) is 7.04. The second-order valence-corrected chi connectivity index (χ2v) is 6.95. The van der Waals surface area contributed by atoms with E-state index in [4.69, 9.17) is 5.73 Å². The maximum absolute atomic E-state index is 11.6. The Balaban J connectivity index is 1.78. The Hall–Kier alpha value is -1.14. The third-order valence-corrected chi connectivity index (χ3v) is 4.45. The van der Waals surface area contributed by atoms with Crippen molar-refractivity contribution in [2.24, 2.45) is 11.8 Å². The number of hydrogen-bond donors (Lipinski definition) is 2. The summed E-state index contributed by atoms with van der Waals surface area (Å²) in [6.07, 6.45) is 4.25. The summed E-state index contributed by atoms with van der Waals surface area (Å²) in [5, 5.41) is 3.68. The zero-order valence-electron chi connectivity index (χ0n) is 12.3. The maximum atomic E-state index is 11.6. The summed E-state index contributed by atoms with van der Waals surface area (Å²) in [5.41, 5.74) is 5.66. The molecule has 1 aromatic rings. The normalized spacial score (nSPS) is 20.2. The van der Waals surface area contributed by atoms with Crippen molar-refractivity contribution in [2.45, 2.75) is 33.2 Å². The number of piperidine rings is 1. The summed E-state index contributed by atoms with van der Waals surface area (Å²) >= 11 is 1.56. The van der Waals surface area contributed by atoms with E-state index >= 15 is 0 Å². The molecule has 0 aliphatic carbocycles. The minimum absolute atomic E-state index is 0.0647. The van der Waals surface area contributed by atoms with E-state index in [-0.39, 0.29) is 11.8 Å². The van der Waals surface area contributed by atoms with Crippen molar-refractivity contribution < 1.29 is 4.79 Å². The molecule has 1 unspecified atom stereocenters. The Bertz CT molecular complexity index is 446. The van der Waals surface area contributed by atoms with Crippen LogP contribution in [0.25, 0.3) is 0 Å². The van der Waals surface area contributed by atoms with Gasteiger partial charge in [0.15, 0.2) is 5.13 Å². The Labute approximate surface area is 124 Å². The van der Waals surface area contributed by atoms with Crippen molar-refractivity contribution in [3.8, 4) is 0 Å². The van der Waals surface area contributed by atoms with Crippen LogP contribution in [0, 0.1) is 11.8 Å². The third kappa shape index (κ3) is 4.45. The topological polar surface area (TPSA) is 71.2 Å². The van der Waals surface area contributed by atoms with Crippen LogP contribution in [0.1, 0.15) is 31.6 Å². The number of nitrogens with zero attached hydrogens (tertiary/aromatic N) is 2. The van der Waals surface area contributed by atoms with E-state index in [0.717, 1.165) is 26.2 Å². The molecule has 0 bridgehead atoms. The van der Waals surface area contributed by atoms with Crippen molar-refractivity contribution in [2.75, 3.05) is 25.4 Å². The summed E-state index contributed by atoms with van der Waals surface area (Å²) in [6, 6.07) is 0. The summed E-state index contributed by atoms with van der Waals surface area (Å²) in [4.78, 5) is 19.4. The number of thiazole rings is 1. The van der Waals surface area contributed by atoms with E-state index in [1.54, 1.807) is 11.3 Å². The number of amides is 1. The predicted octanol–water partition coefficient (Wildman–Crippen LogP) is 1.71. The van der Waals surface area contributed by atoms with Crippen molar-refractivity contribution in [3.63, 3.8) is 0 Å². The van der Waals surface area contributed by atoms with Crippen LogP contribution in [0.5, 0.6) is 0 Å². The zero-order chi connectivity index (χ0) is 14.5. The van der Waals surface area contributed by atoms with Crippen LogP contribution in [0.4, 0.5) is 5.13 Å². The van der Waals surface area contributed by atoms with Crippen molar-refractivity contribution in [1.82, 2.24) is 15.2 Å². The predicted molar refractivity (Wildman–Crippen MR) is 82.4 cm³/mol. The van der Waals surface area contributed by atoms with E-state index in [1.165, 1.54) is 17.7 Å². The van der Waals surface area contributed by atoms with Gasteiger partial charge in [0, 0.05) is 36.6 Å². The lowest BCUT2D eigenvalue weighted by Gasteiger charge is -2.32. The molecule has 1 aliphatic rings. The van der Waals surface area contributed by atoms with Gasteiger partial charge in [0.1, 0.15) is 0 Å². The Kier molecular flexibility index (Phi) is 5.37. The van der Waals surface area contributed by atoms with Crippen LogP contribution in [0.15, 0.2) is 6.20 Å². The fraction of sp³-hybridized carbons (Fsp3) is 0.714. The summed E-state index contributed by atoms with van der Waals surface area (Å²) in [5.74, 6) is 0.768. The monoisotopic (exact) mass is 296 g/mol. The number of nitrogens with one attached hydrogen (secondary N) is 1. The summed E-state index contributed by atoms with van der Waals surface area (Å²) < 4.78 is 0. The smallest absolute Gasteiger partial charge is 0.222 e. The number of carbonyl (C=O) groups is 1. The van der Waals surface area contributed by atoms with Gasteiger partial charge in [-0.05, 0) is 25.3 Å². The molecular weight excluding hydrogens is 272 g/mol. The Morgan fingerprint density at radius 3 is 3.10 bits per heavy atom. The van der Waals surface area contributed by atoms with Gasteiger partial charge in [0.25, 0.3) is 0 Å². The lowest BCUT2D eigenvalue weighted by molar-refractivity contribution is -0.124. The third-order valence-electron chi connectivity index (χ3n) is 3.64. The van der Waals surface area contributed by atoms with Crippen LogP contribution in [0.3, 0.4) is 0 Å². The largest absolute Gasteiger partial charge is 0.375 e. The molecule has 2 rings (SSSR count). The van der Waals surface area contributed by atoms with Crippen LogP contribution in [0.2, 0.25) is 0 Å². The highest BCUT2D eigenvalue weighted by molar-refractivity contribution is 7.15. The van der Waals surface area contributed by atoms with Gasteiger partial charge in [-0.3, -0.25) is 9.69 Å². The minimum atomic E-state index is 0.0647. The molecule has 1 saturated heterocycles. The van der Waals surface area contributed by atoms with Crippen LogP contribution in [-0.4, -0.2) is 35.4 Å². The highest BCUT2D eigenvalue weighted by Crippen LogP contribution is 2.21. The first-order chi connectivity index (χ1) is 9.54. The van der Waals surface area contributed by atoms with Gasteiger partial charge in [-0.15, -0.1) is 11.3 Å². The number of hydrogen-bond acceptors (Lipinski definition) is 5. The van der Waals surface area contributed by atoms with Crippen LogP contribution >= 0.6 is 11.3 Å². The number of carbonyl (C=O) groups excluding carboxylic acids is 1. The summed E-state index contributed by atoms with van der Waals surface area (Å²) in [7, 11) is 0. The SMILES string of the molecule is CC(C)C(=O)NCC1CCCN(Cc2cnc(N)s2)C1. The quantitative estimate of drug-likeness (QED) is 0.868. The van der Waals surface area contributed by atoms with Gasteiger partial charge < -0.3 is 11.1 Å². The molecule has 1 aliphatic heterocycles. The lowest BCUT2D eigenvalue weighted by Crippen LogP contribution is -2.41. The van der Waals surface area contributed by atoms with Gasteiger partial charge in [-0.2, -0.15) is 0 Å². The van der Waals surface area contributed by atoms with Gasteiger partial charge in [-0.1, -0.05) is 13.8 Å². The van der Waals surface area contributed by atoms with Crippen molar-refractivity contribution >= 4 is 22.4 Å². The molecule has 1 atom stereocenters. The highest BCUT2D eigenvalue weighted by atomic mass is 32.1. The molecule has 0 spiro atoms. The highest BCUT2D eigenvalue weighted by Gasteiger charge is 2.21. The average molecular weight is 296 g/mol. The molecule has 0 aromatic carbocycles. The van der Waals surface area contributed by atoms with E-state index in [2.05, 4.69) is 15.2 Å². The molecule has 3 N–H and O–H groups in total. The number of nitrogens with two attached hydrogens (primary N) is 1. The van der Waals surface area contributed by atoms with E-state index in [0.29, 0.717) is 11.0 Å². The lowest BCUT2D eigenvalue weighted by atomic mass is 9.97. The number of nitrogen functional groups attached to an aromatic ring is 1. The second-order valence-electron chi connectivity index (χ2n) is 5.81. The first-order valence-corrected chi connectivity index (χ1v) is 8.06. The van der Waals surface area contributed by atoms with Gasteiger partial charge in [0.2, 0.25) is 5.91 Å². The molecular formula is C14H24N4OS. The fourth-order valence-electron chi connectivity index (χ4n) is 2.53. The first kappa shape index (κ1) is 15.3. The number of aromatic nitrogens is 1. The average Bonchev–Trinajstić information content (AvgIpc) is 2.81. The Morgan fingerprint density at radius 2 is 2.45 bits per heavy atom. The number of rotatable bonds is 5. The van der Waals surface area contributed by atoms with Crippen LogP contribution in [-0.2, 0) is 11.3 Å². The zero-order valence-corrected chi connectivity index (χ0v) is 13.1. The molecule has 6 heteroatoms. The molecule has 1 aromatic heterocycles. The van der Waals surface area contributed by atoms with E-state index < -0.39 is 0 Å². The molecule has 0 radical (unpaired) electrons. The minimum Gasteiger partial charge on any atom is -0.375 e. The summed E-state index contributed by atoms with van der Waals surface area (Å²) in [6.45, 7) is 7.72. The molecule has 20 heavy (non-hydrogen) atoms. The molecule has 1 amide bonds. The Morgan fingerprint density at radius 1 is 1.65 bits per heavy atom. The van der Waals surface area contributed by atoms with Gasteiger partial charge in [0.05, 0.1) is 0 Å². The first-order valence-electron chi connectivity index (χ1n) is 7.25. The van der Waals surface area contributed by atoms with E-state index in [1.807, 2.05) is 20.0 Å². The van der Waals surface area contributed by atoms with Crippen molar-refractivity contribution in [1.29, 1.82) is 0 Å². The van der Waals surface area contributed by atoms with Crippen LogP contribution < -0.4 is 11.1 Å². The van der Waals surface area contributed by atoms with Crippen molar-refractivity contribution in [3.05, 3.63) is 11.1 Å². The maximum Gasteiger partial charge on any atom is 0.222 e. The molecule has 1 fully saturated rings. The molecule has 5 nitrogen and oxygen atoms in total.